The lowest BCUT2D eigenvalue weighted by atomic mass is 10.1. The summed E-state index contributed by atoms with van der Waals surface area (Å²) < 4.78 is 10.6. The predicted octanol–water partition coefficient (Wildman–Crippen LogP) is 1.58. The van der Waals surface area contributed by atoms with Gasteiger partial charge in [0, 0.05) is 30.9 Å². The van der Waals surface area contributed by atoms with Gasteiger partial charge in [-0.15, -0.1) is 0 Å². The Morgan fingerprint density at radius 3 is 2.71 bits per heavy atom. The Labute approximate surface area is 123 Å². The van der Waals surface area contributed by atoms with Gasteiger partial charge in [-0.3, -0.25) is 10.1 Å². The van der Waals surface area contributed by atoms with E-state index in [9.17, 15) is 10.1 Å². The molecule has 1 aliphatic heterocycles. The minimum atomic E-state index is -0.447. The van der Waals surface area contributed by atoms with Crippen LogP contribution in [-0.2, 0) is 4.74 Å². The van der Waals surface area contributed by atoms with Gasteiger partial charge < -0.3 is 19.5 Å². The average Bonchev–Trinajstić information content (AvgIpc) is 2.52. The van der Waals surface area contributed by atoms with E-state index in [1.165, 1.54) is 13.2 Å². The number of anilines is 1. The Morgan fingerprint density at radius 2 is 2.14 bits per heavy atom. The van der Waals surface area contributed by atoms with Gasteiger partial charge in [0.1, 0.15) is 0 Å². The fraction of sp³-hybridized carbons (Fsp3) is 0.571. The van der Waals surface area contributed by atoms with Crippen LogP contribution in [0.15, 0.2) is 18.2 Å². The lowest BCUT2D eigenvalue weighted by Gasteiger charge is -2.33. The quantitative estimate of drug-likeness (QED) is 0.633. The van der Waals surface area contributed by atoms with Gasteiger partial charge >= 0.3 is 5.69 Å². The van der Waals surface area contributed by atoms with Crippen molar-refractivity contribution in [1.29, 1.82) is 0 Å². The molecule has 0 bridgehead atoms. The second-order valence-electron chi connectivity index (χ2n) is 4.89. The van der Waals surface area contributed by atoms with Crippen LogP contribution >= 0.6 is 0 Å². The molecule has 1 aromatic carbocycles. The monoisotopic (exact) mass is 296 g/mol. The number of piperidine rings is 1. The van der Waals surface area contributed by atoms with Crippen LogP contribution in [0.5, 0.6) is 5.75 Å². The van der Waals surface area contributed by atoms with Crippen molar-refractivity contribution in [2.45, 2.75) is 18.9 Å². The number of aliphatic hydroxyl groups is 1. The van der Waals surface area contributed by atoms with Crippen molar-refractivity contribution < 1.29 is 19.5 Å². The van der Waals surface area contributed by atoms with E-state index in [4.69, 9.17) is 14.6 Å². The van der Waals surface area contributed by atoms with Crippen molar-refractivity contribution in [3.8, 4) is 5.75 Å². The molecule has 21 heavy (non-hydrogen) atoms. The Morgan fingerprint density at radius 1 is 1.43 bits per heavy atom. The molecular weight excluding hydrogens is 276 g/mol. The zero-order valence-corrected chi connectivity index (χ0v) is 12.0. The first-order valence-electron chi connectivity index (χ1n) is 6.95. The molecule has 0 aliphatic carbocycles. The molecule has 2 rings (SSSR count). The zero-order valence-electron chi connectivity index (χ0n) is 12.0. The third-order valence-electron chi connectivity index (χ3n) is 3.61. The van der Waals surface area contributed by atoms with Crippen LogP contribution in [0.3, 0.4) is 0 Å². The zero-order chi connectivity index (χ0) is 15.2. The number of hydrogen-bond donors (Lipinski definition) is 1. The number of benzene rings is 1. The molecular formula is C14H20N2O5. The van der Waals surface area contributed by atoms with Crippen molar-refractivity contribution in [2.75, 3.05) is 38.3 Å². The van der Waals surface area contributed by atoms with E-state index in [-0.39, 0.29) is 24.1 Å². The summed E-state index contributed by atoms with van der Waals surface area (Å²) in [6.45, 7) is 2.05. The van der Waals surface area contributed by atoms with E-state index >= 15 is 0 Å². The molecule has 7 nitrogen and oxygen atoms in total. The summed E-state index contributed by atoms with van der Waals surface area (Å²) in [6.07, 6.45) is 1.92. The Kier molecular flexibility index (Phi) is 5.35. The number of ether oxygens (including phenoxy) is 2. The SMILES string of the molecule is COc1cc(N2CCC(OCCO)CC2)ccc1[N+](=O)[O-]. The smallest absolute Gasteiger partial charge is 0.311 e. The van der Waals surface area contributed by atoms with E-state index in [2.05, 4.69) is 4.90 Å². The highest BCUT2D eigenvalue weighted by atomic mass is 16.6. The first kappa shape index (κ1) is 15.5. The van der Waals surface area contributed by atoms with E-state index in [1.54, 1.807) is 12.1 Å². The molecule has 0 unspecified atom stereocenters. The third kappa shape index (κ3) is 3.83. The van der Waals surface area contributed by atoms with E-state index < -0.39 is 4.92 Å². The summed E-state index contributed by atoms with van der Waals surface area (Å²) in [5.41, 5.74) is 0.889. The summed E-state index contributed by atoms with van der Waals surface area (Å²) >= 11 is 0. The van der Waals surface area contributed by atoms with Crippen molar-refractivity contribution in [1.82, 2.24) is 0 Å². The Balaban J connectivity index is 2.02. The summed E-state index contributed by atoms with van der Waals surface area (Å²) in [5.74, 6) is 0.274. The van der Waals surface area contributed by atoms with Gasteiger partial charge in [0.25, 0.3) is 0 Å². The number of nitro benzene ring substituents is 1. The van der Waals surface area contributed by atoms with Gasteiger partial charge in [-0.1, -0.05) is 0 Å². The number of aliphatic hydroxyl groups excluding tert-OH is 1. The summed E-state index contributed by atoms with van der Waals surface area (Å²) in [4.78, 5) is 12.6. The van der Waals surface area contributed by atoms with Crippen LogP contribution in [0.2, 0.25) is 0 Å². The van der Waals surface area contributed by atoms with Crippen molar-refractivity contribution in [3.05, 3.63) is 28.3 Å². The molecule has 1 fully saturated rings. The Hall–Kier alpha value is -1.86. The molecule has 1 heterocycles. The topological polar surface area (TPSA) is 85.1 Å². The van der Waals surface area contributed by atoms with Gasteiger partial charge in [-0.2, -0.15) is 0 Å². The molecule has 0 amide bonds. The normalized spacial score (nSPS) is 16.0. The Bertz CT molecular complexity index is 486. The molecule has 1 saturated heterocycles. The van der Waals surface area contributed by atoms with E-state index in [0.717, 1.165) is 31.6 Å². The van der Waals surface area contributed by atoms with Crippen LogP contribution in [0, 0.1) is 10.1 Å². The molecule has 1 aliphatic rings. The molecule has 0 radical (unpaired) electrons. The van der Waals surface area contributed by atoms with Crippen LogP contribution in [0.4, 0.5) is 11.4 Å². The van der Waals surface area contributed by atoms with Gasteiger partial charge in [0.2, 0.25) is 0 Å². The van der Waals surface area contributed by atoms with Crippen LogP contribution in [0.25, 0.3) is 0 Å². The van der Waals surface area contributed by atoms with Crippen LogP contribution < -0.4 is 9.64 Å². The number of nitro groups is 1. The fourth-order valence-corrected chi connectivity index (χ4v) is 2.51. The molecule has 0 spiro atoms. The molecule has 116 valence electrons. The van der Waals surface area contributed by atoms with Gasteiger partial charge in [-0.05, 0) is 18.9 Å². The van der Waals surface area contributed by atoms with Crippen LogP contribution in [-0.4, -0.2) is 49.5 Å². The highest BCUT2D eigenvalue weighted by Crippen LogP contribution is 2.32. The highest BCUT2D eigenvalue weighted by molar-refractivity contribution is 5.59. The van der Waals surface area contributed by atoms with Crippen molar-refractivity contribution in [2.24, 2.45) is 0 Å². The second-order valence-corrected chi connectivity index (χ2v) is 4.89. The third-order valence-corrected chi connectivity index (χ3v) is 3.61. The molecule has 1 aromatic rings. The highest BCUT2D eigenvalue weighted by Gasteiger charge is 2.22. The first-order valence-corrected chi connectivity index (χ1v) is 6.95. The lowest BCUT2D eigenvalue weighted by molar-refractivity contribution is -0.385. The molecule has 0 saturated carbocycles. The lowest BCUT2D eigenvalue weighted by Crippen LogP contribution is -2.37. The number of methoxy groups -OCH3 is 1. The number of hydrogen-bond acceptors (Lipinski definition) is 6. The molecule has 0 aromatic heterocycles. The summed E-state index contributed by atoms with van der Waals surface area (Å²) in [7, 11) is 1.43. The second kappa shape index (κ2) is 7.24. The largest absolute Gasteiger partial charge is 0.490 e. The van der Waals surface area contributed by atoms with Crippen molar-refractivity contribution >= 4 is 11.4 Å². The molecule has 7 heteroatoms. The maximum atomic E-state index is 10.9. The fourth-order valence-electron chi connectivity index (χ4n) is 2.51. The van der Waals surface area contributed by atoms with Gasteiger partial charge in [-0.25, -0.2) is 0 Å². The van der Waals surface area contributed by atoms with E-state index in [1.807, 2.05) is 0 Å². The standard InChI is InChI=1S/C14H20N2O5/c1-20-14-10-11(2-3-13(14)16(18)19)15-6-4-12(5-7-15)21-9-8-17/h2-3,10,12,17H,4-9H2,1H3. The minimum absolute atomic E-state index is 0.0255. The first-order chi connectivity index (χ1) is 10.2. The van der Waals surface area contributed by atoms with Crippen molar-refractivity contribution in [3.63, 3.8) is 0 Å². The predicted molar refractivity (Wildman–Crippen MR) is 77.9 cm³/mol. The maximum Gasteiger partial charge on any atom is 0.311 e. The number of nitrogens with zero attached hydrogens (tertiary/aromatic N) is 2. The van der Waals surface area contributed by atoms with Crippen LogP contribution in [0.1, 0.15) is 12.8 Å². The number of rotatable bonds is 6. The van der Waals surface area contributed by atoms with Gasteiger partial charge in [0.15, 0.2) is 5.75 Å². The minimum Gasteiger partial charge on any atom is -0.490 e. The summed E-state index contributed by atoms with van der Waals surface area (Å²) in [5, 5.41) is 19.6. The molecule has 0 atom stereocenters. The molecule has 1 N–H and O–H groups in total. The average molecular weight is 296 g/mol. The maximum absolute atomic E-state index is 10.9. The summed E-state index contributed by atoms with van der Waals surface area (Å²) in [6, 6.07) is 4.92. The van der Waals surface area contributed by atoms with E-state index in [0.29, 0.717) is 6.61 Å². The van der Waals surface area contributed by atoms with Gasteiger partial charge in [0.05, 0.1) is 31.4 Å².